The van der Waals surface area contributed by atoms with Crippen molar-refractivity contribution in [3.8, 4) is 0 Å². The van der Waals surface area contributed by atoms with Crippen molar-refractivity contribution in [2.45, 2.75) is 78.4 Å². The van der Waals surface area contributed by atoms with Crippen molar-refractivity contribution >= 4 is 12.0 Å². The van der Waals surface area contributed by atoms with Crippen LogP contribution in [0.5, 0.6) is 0 Å². The zero-order valence-electron chi connectivity index (χ0n) is 13.3. The van der Waals surface area contributed by atoms with Gasteiger partial charge in [-0.05, 0) is 38.5 Å². The quantitative estimate of drug-likeness (QED) is 0.837. The minimum absolute atomic E-state index is 0.0498. The third-order valence-corrected chi connectivity index (χ3v) is 4.15. The number of rotatable bonds is 3. The second kappa shape index (κ2) is 6.46. The minimum Gasteiger partial charge on any atom is -0.481 e. The Morgan fingerprint density at radius 2 is 1.75 bits per heavy atom. The first-order valence-corrected chi connectivity index (χ1v) is 7.43. The van der Waals surface area contributed by atoms with Crippen molar-refractivity contribution in [2.75, 3.05) is 0 Å². The second-order valence-corrected chi connectivity index (χ2v) is 7.00. The molecule has 5 nitrogen and oxygen atoms in total. The molecular formula is C15H28N2O3. The van der Waals surface area contributed by atoms with Crippen molar-refractivity contribution < 1.29 is 14.7 Å². The zero-order valence-corrected chi connectivity index (χ0v) is 13.3. The number of nitrogens with one attached hydrogen (secondary N) is 1. The molecule has 0 aromatic carbocycles. The van der Waals surface area contributed by atoms with Crippen molar-refractivity contribution in [1.82, 2.24) is 10.2 Å². The van der Waals surface area contributed by atoms with Gasteiger partial charge in [0, 0.05) is 18.1 Å². The summed E-state index contributed by atoms with van der Waals surface area (Å²) in [7, 11) is 0. The summed E-state index contributed by atoms with van der Waals surface area (Å²) >= 11 is 0. The molecule has 0 radical (unpaired) electrons. The first-order valence-electron chi connectivity index (χ1n) is 7.43. The number of carboxylic acid groups (broad SMARTS) is 1. The highest BCUT2D eigenvalue weighted by atomic mass is 16.4. The summed E-state index contributed by atoms with van der Waals surface area (Å²) in [5.41, 5.74) is -0.281. The van der Waals surface area contributed by atoms with E-state index in [9.17, 15) is 9.59 Å². The molecule has 2 N–H and O–H groups in total. The average Bonchev–Trinajstić information content (AvgIpc) is 2.25. The van der Waals surface area contributed by atoms with Crippen LogP contribution in [-0.2, 0) is 4.79 Å². The number of carbonyl (C=O) groups excluding carboxylic acids is 1. The average molecular weight is 284 g/mol. The lowest BCUT2D eigenvalue weighted by atomic mass is 9.85. The molecule has 116 valence electrons. The molecule has 0 aliphatic carbocycles. The van der Waals surface area contributed by atoms with Crippen molar-refractivity contribution in [1.29, 1.82) is 0 Å². The van der Waals surface area contributed by atoms with Crippen LogP contribution in [0.25, 0.3) is 0 Å². The maximum absolute atomic E-state index is 12.5. The van der Waals surface area contributed by atoms with E-state index in [0.717, 1.165) is 19.3 Å². The highest BCUT2D eigenvalue weighted by molar-refractivity contribution is 5.76. The van der Waals surface area contributed by atoms with E-state index >= 15 is 0 Å². The Balaban J connectivity index is 2.76. The molecule has 1 saturated heterocycles. The summed E-state index contributed by atoms with van der Waals surface area (Å²) < 4.78 is 0. The van der Waals surface area contributed by atoms with E-state index in [0.29, 0.717) is 0 Å². The van der Waals surface area contributed by atoms with E-state index in [4.69, 9.17) is 5.11 Å². The number of aliphatic carboxylic acids is 1. The van der Waals surface area contributed by atoms with Gasteiger partial charge in [-0.2, -0.15) is 0 Å². The molecule has 0 aromatic heterocycles. The van der Waals surface area contributed by atoms with Crippen LogP contribution in [0.2, 0.25) is 0 Å². The molecule has 0 spiro atoms. The van der Waals surface area contributed by atoms with Crippen molar-refractivity contribution in [3.05, 3.63) is 0 Å². The van der Waals surface area contributed by atoms with Crippen LogP contribution in [-0.4, -0.2) is 40.1 Å². The Kier molecular flexibility index (Phi) is 5.42. The van der Waals surface area contributed by atoms with Crippen LogP contribution in [0.3, 0.4) is 0 Å². The SMILES string of the molecule is CC1CCCC(C)N1C(=O)NC(CC(=O)O)C(C)(C)C. The minimum atomic E-state index is -0.884. The molecule has 1 aliphatic rings. The highest BCUT2D eigenvalue weighted by Crippen LogP contribution is 2.25. The lowest BCUT2D eigenvalue weighted by molar-refractivity contribution is -0.138. The van der Waals surface area contributed by atoms with Gasteiger partial charge in [0.15, 0.2) is 0 Å². The number of carboxylic acids is 1. The summed E-state index contributed by atoms with van der Waals surface area (Å²) in [5.74, 6) is -0.884. The lowest BCUT2D eigenvalue weighted by Crippen LogP contribution is -2.56. The largest absolute Gasteiger partial charge is 0.481 e. The number of hydrogen-bond acceptors (Lipinski definition) is 2. The molecule has 1 aliphatic heterocycles. The van der Waals surface area contributed by atoms with Gasteiger partial charge in [0.1, 0.15) is 0 Å². The predicted octanol–water partition coefficient (Wildman–Crippen LogP) is 2.85. The summed E-state index contributed by atoms with van der Waals surface area (Å²) in [4.78, 5) is 25.3. The van der Waals surface area contributed by atoms with Gasteiger partial charge in [-0.3, -0.25) is 4.79 Å². The highest BCUT2D eigenvalue weighted by Gasteiger charge is 2.34. The Morgan fingerprint density at radius 1 is 1.25 bits per heavy atom. The van der Waals surface area contributed by atoms with Crippen LogP contribution in [0.15, 0.2) is 0 Å². The third-order valence-electron chi connectivity index (χ3n) is 4.15. The van der Waals surface area contributed by atoms with Gasteiger partial charge in [0.05, 0.1) is 6.42 Å². The van der Waals surface area contributed by atoms with Crippen molar-refractivity contribution in [2.24, 2.45) is 5.41 Å². The van der Waals surface area contributed by atoms with Crippen LogP contribution in [0, 0.1) is 5.41 Å². The number of urea groups is 1. The maximum Gasteiger partial charge on any atom is 0.318 e. The summed E-state index contributed by atoms with van der Waals surface area (Å²) in [6.45, 7) is 9.95. The Bertz CT molecular complexity index is 353. The molecule has 20 heavy (non-hydrogen) atoms. The van der Waals surface area contributed by atoms with Crippen LogP contribution in [0.1, 0.15) is 60.3 Å². The number of nitrogens with zero attached hydrogens (tertiary/aromatic N) is 1. The van der Waals surface area contributed by atoms with Gasteiger partial charge in [-0.25, -0.2) is 4.79 Å². The normalized spacial score (nSPS) is 25.1. The molecule has 2 amide bonds. The Hall–Kier alpha value is -1.26. The Labute approximate surface area is 121 Å². The number of carbonyl (C=O) groups is 2. The fourth-order valence-corrected chi connectivity index (χ4v) is 2.79. The van der Waals surface area contributed by atoms with Crippen molar-refractivity contribution in [3.63, 3.8) is 0 Å². The van der Waals surface area contributed by atoms with Crippen LogP contribution in [0.4, 0.5) is 4.79 Å². The van der Waals surface area contributed by atoms with E-state index in [-0.39, 0.29) is 36.0 Å². The molecule has 1 heterocycles. The van der Waals surface area contributed by atoms with E-state index in [2.05, 4.69) is 19.2 Å². The number of amides is 2. The lowest BCUT2D eigenvalue weighted by Gasteiger charge is -2.41. The number of piperidine rings is 1. The molecular weight excluding hydrogens is 256 g/mol. The predicted molar refractivity (Wildman–Crippen MR) is 78.6 cm³/mol. The van der Waals surface area contributed by atoms with Gasteiger partial charge in [-0.15, -0.1) is 0 Å². The molecule has 3 unspecified atom stereocenters. The van der Waals surface area contributed by atoms with Gasteiger partial charge in [-0.1, -0.05) is 20.8 Å². The van der Waals surface area contributed by atoms with Crippen LogP contribution >= 0.6 is 0 Å². The van der Waals surface area contributed by atoms with E-state index in [1.54, 1.807) is 0 Å². The van der Waals surface area contributed by atoms with Crippen LogP contribution < -0.4 is 5.32 Å². The van der Waals surface area contributed by atoms with Gasteiger partial charge >= 0.3 is 12.0 Å². The molecule has 3 atom stereocenters. The molecule has 1 fully saturated rings. The summed E-state index contributed by atoms with van der Waals surface area (Å²) in [6.07, 6.45) is 3.11. The molecule has 0 aromatic rings. The summed E-state index contributed by atoms with van der Waals surface area (Å²) in [5, 5.41) is 11.9. The smallest absolute Gasteiger partial charge is 0.318 e. The third kappa shape index (κ3) is 4.39. The summed E-state index contributed by atoms with van der Waals surface area (Å²) in [6, 6.07) is -0.0758. The first kappa shape index (κ1) is 16.8. The maximum atomic E-state index is 12.5. The topological polar surface area (TPSA) is 69.6 Å². The first-order chi connectivity index (χ1) is 9.12. The van der Waals surface area contributed by atoms with Gasteiger partial charge in [0.25, 0.3) is 0 Å². The fraction of sp³-hybridized carbons (Fsp3) is 0.867. The van der Waals surface area contributed by atoms with E-state index < -0.39 is 5.97 Å². The molecule has 1 rings (SSSR count). The fourth-order valence-electron chi connectivity index (χ4n) is 2.79. The van der Waals surface area contributed by atoms with Gasteiger partial charge < -0.3 is 15.3 Å². The second-order valence-electron chi connectivity index (χ2n) is 7.00. The molecule has 5 heteroatoms. The Morgan fingerprint density at radius 3 is 2.15 bits per heavy atom. The van der Waals surface area contributed by atoms with Gasteiger partial charge in [0.2, 0.25) is 0 Å². The number of likely N-dealkylation sites (tertiary alicyclic amines) is 1. The zero-order chi connectivity index (χ0) is 15.5. The molecule has 0 saturated carbocycles. The number of hydrogen-bond donors (Lipinski definition) is 2. The van der Waals surface area contributed by atoms with E-state index in [1.165, 1.54) is 0 Å². The molecule has 0 bridgehead atoms. The van der Waals surface area contributed by atoms with E-state index in [1.807, 2.05) is 25.7 Å². The monoisotopic (exact) mass is 284 g/mol. The standard InChI is InChI=1S/C15H28N2O3/c1-10-7-6-8-11(2)17(10)14(20)16-12(9-13(18)19)15(3,4)5/h10-12H,6-9H2,1-5H3,(H,16,20)(H,18,19).